The van der Waals surface area contributed by atoms with Crippen LogP contribution < -0.4 is 4.63 Å². The number of ether oxygens (including phenoxy) is 1. The first-order chi connectivity index (χ1) is 16.3. The number of aliphatic hydroxyl groups excluding tert-OH is 1. The van der Waals surface area contributed by atoms with Gasteiger partial charge < -0.3 is 14.7 Å². The Labute approximate surface area is 217 Å². The molecule has 1 amide bonds. The first-order valence-corrected chi connectivity index (χ1v) is 16.4. The van der Waals surface area contributed by atoms with E-state index in [2.05, 4.69) is 47.6 Å². The van der Waals surface area contributed by atoms with Gasteiger partial charge in [0.1, 0.15) is 13.7 Å². The smallest absolute Gasteiger partial charge is 0.410 e. The Hall–Kier alpha value is -1.44. The van der Waals surface area contributed by atoms with Crippen LogP contribution in [0.1, 0.15) is 99.7 Å². The van der Waals surface area contributed by atoms with Gasteiger partial charge in [0.2, 0.25) is 0 Å². The van der Waals surface area contributed by atoms with Gasteiger partial charge in [0.25, 0.3) is 0 Å². The summed E-state index contributed by atoms with van der Waals surface area (Å²) in [4.78, 5) is 20.0. The number of carbonyl (C=O) groups is 1. The maximum Gasteiger partial charge on any atom is 0.410 e. The van der Waals surface area contributed by atoms with Gasteiger partial charge in [-0.05, 0) is 69.1 Å². The number of aromatic nitrogens is 1. The molecule has 0 radical (unpaired) electrons. The van der Waals surface area contributed by atoms with Crippen LogP contribution in [-0.4, -0.2) is 47.3 Å². The summed E-state index contributed by atoms with van der Waals surface area (Å²) < 4.78 is 8.13. The molecule has 2 aromatic rings. The van der Waals surface area contributed by atoms with Crippen molar-refractivity contribution in [2.45, 2.75) is 122 Å². The molecule has 3 rings (SSSR count). The Bertz CT molecular complexity index is 990. The predicted molar refractivity (Wildman–Crippen MR) is 150 cm³/mol. The fourth-order valence-corrected chi connectivity index (χ4v) is 16.1. The van der Waals surface area contributed by atoms with E-state index in [0.717, 1.165) is 35.0 Å². The molecule has 0 aliphatic carbocycles. The van der Waals surface area contributed by atoms with E-state index >= 15 is 0 Å². The van der Waals surface area contributed by atoms with E-state index in [9.17, 15) is 9.90 Å². The molecule has 2 atom stereocenters. The molecule has 0 saturated carbocycles. The number of nitrogens with zero attached hydrogens (tertiary/aromatic N) is 2. The number of para-hydroxylation sites is 1. The summed E-state index contributed by atoms with van der Waals surface area (Å²) >= 11 is 1.83. The van der Waals surface area contributed by atoms with E-state index in [0.29, 0.717) is 29.6 Å². The zero-order valence-corrected chi connectivity index (χ0v) is 25.0. The highest BCUT2D eigenvalue weighted by molar-refractivity contribution is 7.31. The molecule has 7 heteroatoms. The normalized spacial score (nSPS) is 18.7. The van der Waals surface area contributed by atoms with Crippen LogP contribution in [0.25, 0.3) is 10.2 Å². The molecule has 0 bridgehead atoms. The zero-order chi connectivity index (χ0) is 26.1. The lowest BCUT2D eigenvalue weighted by Crippen LogP contribution is -2.55. The van der Waals surface area contributed by atoms with Crippen LogP contribution in [0.2, 0.25) is 16.6 Å². The maximum atomic E-state index is 12.9. The largest absolute Gasteiger partial charge is 0.444 e. The minimum Gasteiger partial charge on any atom is -0.444 e. The molecule has 1 fully saturated rings. The van der Waals surface area contributed by atoms with Crippen molar-refractivity contribution in [3.05, 3.63) is 23.8 Å². The molecule has 35 heavy (non-hydrogen) atoms. The number of benzene rings is 1. The Morgan fingerprint density at radius 2 is 1.77 bits per heavy atom. The number of likely N-dealkylation sites (tertiary alicyclic amines) is 1. The number of piperidine rings is 1. The third-order valence-corrected chi connectivity index (χ3v) is 16.6. The maximum absolute atomic E-state index is 12.9. The van der Waals surface area contributed by atoms with Gasteiger partial charge in [0.05, 0.1) is 21.0 Å². The Balaban J connectivity index is 1.94. The van der Waals surface area contributed by atoms with Gasteiger partial charge in [-0.3, -0.25) is 0 Å². The van der Waals surface area contributed by atoms with Crippen molar-refractivity contribution in [2.75, 3.05) is 6.54 Å². The van der Waals surface area contributed by atoms with Crippen molar-refractivity contribution in [3.8, 4) is 0 Å². The van der Waals surface area contributed by atoms with Crippen LogP contribution in [0.5, 0.6) is 0 Å². The number of carbonyl (C=O) groups excluding carboxylic acids is 1. The second-order valence-corrected chi connectivity index (χ2v) is 19.4. The van der Waals surface area contributed by atoms with E-state index < -0.39 is 19.8 Å². The highest BCUT2D eigenvalue weighted by Gasteiger charge is 2.47. The summed E-state index contributed by atoms with van der Waals surface area (Å²) in [5.74, 6) is 0. The molecule has 1 aliphatic rings. The number of thiazole rings is 1. The number of aliphatic hydroxyl groups is 1. The Kier molecular flexibility index (Phi) is 8.76. The predicted octanol–water partition coefficient (Wildman–Crippen LogP) is 7.40. The van der Waals surface area contributed by atoms with Crippen LogP contribution >= 0.6 is 11.3 Å². The van der Waals surface area contributed by atoms with Gasteiger partial charge in [-0.2, -0.15) is 0 Å². The lowest BCUT2D eigenvalue weighted by Gasteiger charge is -2.41. The molecule has 1 aromatic heterocycles. The summed E-state index contributed by atoms with van der Waals surface area (Å²) in [6.45, 7) is 20.6. The van der Waals surface area contributed by atoms with Crippen molar-refractivity contribution in [1.29, 1.82) is 0 Å². The summed E-state index contributed by atoms with van der Waals surface area (Å²) in [5.41, 5.74) is 3.06. The van der Waals surface area contributed by atoms with Crippen molar-refractivity contribution >= 4 is 40.4 Å². The average molecular weight is 519 g/mol. The standard InChI is InChI=1S/C28H46N2O3SSi/c1-18(2)35(19(3)4,20(5)6)26-29-25-22(14-12-15-24(25)34-26)23(31)17-21-13-10-11-16-30(21)27(32)33-28(7,8)9/h12,14-15,18-21,23,31H,10-11,13,16-17H2,1-9H3/t21-,23-/m1/s1. The van der Waals surface area contributed by atoms with Crippen LogP contribution in [0, 0.1) is 0 Å². The second kappa shape index (κ2) is 10.9. The lowest BCUT2D eigenvalue weighted by atomic mass is 9.94. The van der Waals surface area contributed by atoms with Gasteiger partial charge in [0, 0.05) is 18.2 Å². The highest BCUT2D eigenvalue weighted by Crippen LogP contribution is 2.43. The van der Waals surface area contributed by atoms with E-state index in [4.69, 9.17) is 9.72 Å². The van der Waals surface area contributed by atoms with Gasteiger partial charge >= 0.3 is 6.09 Å². The minimum absolute atomic E-state index is 0.0302. The summed E-state index contributed by atoms with van der Waals surface area (Å²) in [6, 6.07) is 6.16. The second-order valence-electron chi connectivity index (χ2n) is 12.2. The number of hydrogen-bond donors (Lipinski definition) is 1. The molecule has 196 valence electrons. The molecule has 1 aliphatic heterocycles. The third kappa shape index (κ3) is 5.77. The Morgan fingerprint density at radius 1 is 1.14 bits per heavy atom. The molecular formula is C28H46N2O3SSi. The molecule has 5 nitrogen and oxygen atoms in total. The van der Waals surface area contributed by atoms with E-state index in [1.165, 1.54) is 4.63 Å². The molecule has 1 aromatic carbocycles. The van der Waals surface area contributed by atoms with Gasteiger partial charge in [-0.1, -0.05) is 53.7 Å². The van der Waals surface area contributed by atoms with Gasteiger partial charge in [-0.15, -0.1) is 11.3 Å². The molecular weight excluding hydrogens is 472 g/mol. The zero-order valence-electron chi connectivity index (χ0n) is 23.2. The number of fused-ring (bicyclic) bond motifs is 1. The number of hydrogen-bond acceptors (Lipinski definition) is 5. The van der Waals surface area contributed by atoms with Crippen LogP contribution in [0.3, 0.4) is 0 Å². The number of rotatable bonds is 7. The van der Waals surface area contributed by atoms with Crippen molar-refractivity contribution in [1.82, 2.24) is 9.88 Å². The van der Waals surface area contributed by atoms with Gasteiger partial charge in [-0.25, -0.2) is 9.78 Å². The molecule has 0 unspecified atom stereocenters. The highest BCUT2D eigenvalue weighted by atomic mass is 32.1. The summed E-state index contributed by atoms with van der Waals surface area (Å²) in [7, 11) is -1.88. The third-order valence-electron chi connectivity index (χ3n) is 7.80. The lowest BCUT2D eigenvalue weighted by molar-refractivity contribution is 0.00245. The minimum atomic E-state index is -1.88. The molecule has 0 spiro atoms. The van der Waals surface area contributed by atoms with Crippen LogP contribution in [-0.2, 0) is 4.74 Å². The van der Waals surface area contributed by atoms with Crippen molar-refractivity contribution < 1.29 is 14.6 Å². The molecule has 2 heterocycles. The van der Waals surface area contributed by atoms with Gasteiger partial charge in [0.15, 0.2) is 0 Å². The van der Waals surface area contributed by atoms with Crippen molar-refractivity contribution in [3.63, 3.8) is 0 Å². The topological polar surface area (TPSA) is 62.7 Å². The van der Waals surface area contributed by atoms with Crippen molar-refractivity contribution in [2.24, 2.45) is 0 Å². The molecule has 1 N–H and O–H groups in total. The summed E-state index contributed by atoms with van der Waals surface area (Å²) in [5, 5.41) is 11.4. The average Bonchev–Trinajstić information content (AvgIpc) is 3.16. The fourth-order valence-electron chi connectivity index (χ4n) is 6.36. The Morgan fingerprint density at radius 3 is 2.34 bits per heavy atom. The van der Waals surface area contributed by atoms with E-state index in [1.807, 2.05) is 49.1 Å². The first kappa shape index (κ1) is 28.1. The fraction of sp³-hybridized carbons (Fsp3) is 0.714. The van der Waals surface area contributed by atoms with Crippen LogP contribution in [0.15, 0.2) is 18.2 Å². The first-order valence-electron chi connectivity index (χ1n) is 13.4. The molecule has 1 saturated heterocycles. The van der Waals surface area contributed by atoms with Crippen LogP contribution in [0.4, 0.5) is 4.79 Å². The SMILES string of the molecule is CC(C)[Si](c1nc2c([C@H](O)C[C@H]3CCCCN3C(=O)OC(C)(C)C)cccc2s1)(C(C)C)C(C)C. The van der Waals surface area contributed by atoms with E-state index in [-0.39, 0.29) is 12.1 Å². The van der Waals surface area contributed by atoms with E-state index in [1.54, 1.807) is 0 Å². The summed E-state index contributed by atoms with van der Waals surface area (Å²) in [6.07, 6.45) is 2.49. The quantitative estimate of drug-likeness (QED) is 0.388. The number of amides is 1. The monoisotopic (exact) mass is 518 g/mol.